The van der Waals surface area contributed by atoms with E-state index in [9.17, 15) is 14.4 Å². The van der Waals surface area contributed by atoms with Crippen LogP contribution in [0.15, 0.2) is 41.6 Å². The summed E-state index contributed by atoms with van der Waals surface area (Å²) in [7, 11) is 0. The second-order valence-electron chi connectivity index (χ2n) is 8.88. The van der Waals surface area contributed by atoms with Gasteiger partial charge in [0.1, 0.15) is 5.54 Å². The van der Waals surface area contributed by atoms with Crippen LogP contribution in [0.1, 0.15) is 43.4 Å². The van der Waals surface area contributed by atoms with Gasteiger partial charge in [-0.25, -0.2) is 14.3 Å². The van der Waals surface area contributed by atoms with E-state index in [1.807, 2.05) is 50.2 Å². The molecule has 2 aliphatic rings. The number of nitrogens with zero attached hydrogens (tertiary/aromatic N) is 4. The van der Waals surface area contributed by atoms with Gasteiger partial charge in [0.2, 0.25) is 5.91 Å². The van der Waals surface area contributed by atoms with Gasteiger partial charge in [0.15, 0.2) is 5.16 Å². The van der Waals surface area contributed by atoms with E-state index in [0.29, 0.717) is 18.0 Å². The Morgan fingerprint density at radius 1 is 1.15 bits per heavy atom. The first-order chi connectivity index (χ1) is 16.4. The molecular weight excluding hydrogens is 452 g/mol. The number of carbonyl (C=O) groups excluding carboxylic acids is 3. The van der Waals surface area contributed by atoms with E-state index in [-0.39, 0.29) is 11.7 Å². The van der Waals surface area contributed by atoms with E-state index in [4.69, 9.17) is 4.98 Å². The number of hydrogen-bond acceptors (Lipinski definition) is 6. The van der Waals surface area contributed by atoms with E-state index < -0.39 is 17.5 Å². The average Bonchev–Trinajstić information content (AvgIpc) is 3.30. The van der Waals surface area contributed by atoms with Crippen molar-refractivity contribution in [3.8, 4) is 11.3 Å². The van der Waals surface area contributed by atoms with Crippen molar-refractivity contribution in [3.63, 3.8) is 0 Å². The maximum absolute atomic E-state index is 12.9. The van der Waals surface area contributed by atoms with Crippen LogP contribution in [0, 0.1) is 13.8 Å². The number of imide groups is 1. The minimum absolute atomic E-state index is 0.0218. The summed E-state index contributed by atoms with van der Waals surface area (Å²) in [6.45, 7) is 3.92. The summed E-state index contributed by atoms with van der Waals surface area (Å²) >= 11 is 1.21. The van der Waals surface area contributed by atoms with Gasteiger partial charge in [-0.2, -0.15) is 10.1 Å². The van der Waals surface area contributed by atoms with Crippen LogP contribution in [0.25, 0.3) is 16.8 Å². The largest absolute Gasteiger partial charge is 0.344 e. The number of hydrazine groups is 1. The summed E-state index contributed by atoms with van der Waals surface area (Å²) in [5, 5.41) is 8.81. The molecular formula is C24H26N6O3S. The SMILES string of the molecule is Cc1cc(C)c2c(-c3ccccc3)nc(SCC(=O)NN3C(=O)NC4(CCCCC4)C3=O)n2n1. The maximum atomic E-state index is 12.9. The summed E-state index contributed by atoms with van der Waals surface area (Å²) < 4.78 is 1.76. The van der Waals surface area contributed by atoms with Crippen LogP contribution in [0.4, 0.5) is 4.79 Å². The molecule has 4 amide bonds. The lowest BCUT2D eigenvalue weighted by Gasteiger charge is -2.30. The summed E-state index contributed by atoms with van der Waals surface area (Å²) in [6.07, 6.45) is 4.01. The third kappa shape index (κ3) is 3.91. The van der Waals surface area contributed by atoms with Crippen LogP contribution in [0.3, 0.4) is 0 Å². The number of rotatable bonds is 5. The smallest absolute Gasteiger partial charge is 0.322 e. The zero-order chi connectivity index (χ0) is 23.9. The van der Waals surface area contributed by atoms with Crippen molar-refractivity contribution in [2.24, 2.45) is 0 Å². The predicted octanol–water partition coefficient (Wildman–Crippen LogP) is 3.39. The number of benzene rings is 1. The standard InChI is InChI=1S/C24H26N6O3S/c1-15-13-16(2)27-29-20(15)19(17-9-5-3-6-10-17)25-23(29)34-14-18(31)28-30-21(32)24(26-22(30)33)11-7-4-8-12-24/h3,5-6,9-10,13H,4,7-8,11-12,14H2,1-2H3,(H,26,33)(H,28,31). The lowest BCUT2D eigenvalue weighted by molar-refractivity contribution is -0.139. The summed E-state index contributed by atoms with van der Waals surface area (Å²) in [5.74, 6) is -0.851. The Labute approximate surface area is 201 Å². The summed E-state index contributed by atoms with van der Waals surface area (Å²) in [5.41, 5.74) is 6.12. The highest BCUT2D eigenvalue weighted by Crippen LogP contribution is 2.33. The Morgan fingerprint density at radius 2 is 1.88 bits per heavy atom. The van der Waals surface area contributed by atoms with Gasteiger partial charge < -0.3 is 5.32 Å². The third-order valence-corrected chi connectivity index (χ3v) is 7.30. The molecule has 2 fully saturated rings. The number of carbonyl (C=O) groups is 3. The van der Waals surface area contributed by atoms with Crippen LogP contribution < -0.4 is 10.7 Å². The Bertz CT molecular complexity index is 1280. The van der Waals surface area contributed by atoms with Crippen molar-refractivity contribution in [2.45, 2.75) is 56.6 Å². The number of thioether (sulfide) groups is 1. The number of aryl methyl sites for hydroxylation is 2. The molecule has 1 aromatic carbocycles. The number of hydrogen-bond donors (Lipinski definition) is 2. The van der Waals surface area contributed by atoms with Crippen molar-refractivity contribution in [1.82, 2.24) is 30.3 Å². The van der Waals surface area contributed by atoms with Gasteiger partial charge >= 0.3 is 6.03 Å². The van der Waals surface area contributed by atoms with E-state index in [1.54, 1.807) is 4.52 Å². The van der Waals surface area contributed by atoms with Gasteiger partial charge in [-0.1, -0.05) is 61.4 Å². The highest BCUT2D eigenvalue weighted by molar-refractivity contribution is 7.99. The Morgan fingerprint density at radius 3 is 2.62 bits per heavy atom. The monoisotopic (exact) mass is 478 g/mol. The number of urea groups is 1. The minimum atomic E-state index is -0.876. The van der Waals surface area contributed by atoms with E-state index in [1.165, 1.54) is 11.8 Å². The molecule has 34 heavy (non-hydrogen) atoms. The summed E-state index contributed by atoms with van der Waals surface area (Å²) in [4.78, 5) is 42.8. The molecule has 1 aliphatic carbocycles. The fraction of sp³-hybridized carbons (Fsp3) is 0.375. The molecule has 0 unspecified atom stereocenters. The van der Waals surface area contributed by atoms with Crippen LogP contribution in [0.2, 0.25) is 0 Å². The highest BCUT2D eigenvalue weighted by atomic mass is 32.2. The van der Waals surface area contributed by atoms with Crippen LogP contribution >= 0.6 is 11.8 Å². The molecule has 9 nitrogen and oxygen atoms in total. The number of amides is 4. The molecule has 0 atom stereocenters. The lowest BCUT2D eigenvalue weighted by atomic mass is 9.82. The van der Waals surface area contributed by atoms with Gasteiger partial charge in [0.25, 0.3) is 5.91 Å². The highest BCUT2D eigenvalue weighted by Gasteiger charge is 2.52. The molecule has 5 rings (SSSR count). The fourth-order valence-electron chi connectivity index (χ4n) is 4.80. The Kier molecular flexibility index (Phi) is 5.76. The number of imidazole rings is 1. The molecule has 0 bridgehead atoms. The molecule has 176 valence electrons. The van der Waals surface area contributed by atoms with Crippen molar-refractivity contribution >= 4 is 35.1 Å². The van der Waals surface area contributed by atoms with E-state index in [2.05, 4.69) is 15.8 Å². The van der Waals surface area contributed by atoms with Gasteiger partial charge in [0, 0.05) is 5.56 Å². The van der Waals surface area contributed by atoms with E-state index in [0.717, 1.165) is 52.3 Å². The molecule has 2 aromatic heterocycles. The first kappa shape index (κ1) is 22.4. The fourth-order valence-corrected chi connectivity index (χ4v) is 5.54. The second-order valence-corrected chi connectivity index (χ2v) is 9.82. The first-order valence-corrected chi connectivity index (χ1v) is 12.4. The lowest BCUT2D eigenvalue weighted by Crippen LogP contribution is -2.51. The maximum Gasteiger partial charge on any atom is 0.344 e. The molecule has 3 aromatic rings. The van der Waals surface area contributed by atoms with Crippen molar-refractivity contribution < 1.29 is 14.4 Å². The van der Waals surface area contributed by atoms with Crippen LogP contribution in [-0.2, 0) is 9.59 Å². The Hall–Kier alpha value is -3.40. The molecule has 3 heterocycles. The van der Waals surface area contributed by atoms with Crippen LogP contribution in [-0.4, -0.2) is 48.7 Å². The zero-order valence-corrected chi connectivity index (χ0v) is 19.9. The van der Waals surface area contributed by atoms with Crippen LogP contribution in [0.5, 0.6) is 0 Å². The van der Waals surface area contributed by atoms with Crippen molar-refractivity contribution in [3.05, 3.63) is 47.7 Å². The van der Waals surface area contributed by atoms with Gasteiger partial charge in [-0.05, 0) is 38.3 Å². The van der Waals surface area contributed by atoms with Gasteiger partial charge in [0.05, 0.1) is 22.7 Å². The third-order valence-electron chi connectivity index (χ3n) is 6.37. The molecule has 10 heteroatoms. The van der Waals surface area contributed by atoms with Gasteiger partial charge in [-0.15, -0.1) is 0 Å². The zero-order valence-electron chi connectivity index (χ0n) is 19.1. The van der Waals surface area contributed by atoms with E-state index >= 15 is 0 Å². The molecule has 1 saturated carbocycles. The van der Waals surface area contributed by atoms with Gasteiger partial charge in [-0.3, -0.25) is 15.0 Å². The minimum Gasteiger partial charge on any atom is -0.322 e. The molecule has 0 radical (unpaired) electrons. The predicted molar refractivity (Wildman–Crippen MR) is 128 cm³/mol. The topological polar surface area (TPSA) is 109 Å². The Balaban J connectivity index is 1.35. The van der Waals surface area contributed by atoms with Crippen molar-refractivity contribution in [2.75, 3.05) is 5.75 Å². The average molecular weight is 479 g/mol. The molecule has 1 spiro atoms. The first-order valence-electron chi connectivity index (χ1n) is 11.4. The number of fused-ring (bicyclic) bond motifs is 1. The second kappa shape index (κ2) is 8.75. The quantitative estimate of drug-likeness (QED) is 0.430. The molecule has 1 aliphatic heterocycles. The summed E-state index contributed by atoms with van der Waals surface area (Å²) in [6, 6.07) is 11.3. The normalized spacial score (nSPS) is 17.4. The number of nitrogens with one attached hydrogen (secondary N) is 2. The van der Waals surface area contributed by atoms with Crippen molar-refractivity contribution in [1.29, 1.82) is 0 Å². The molecule has 1 saturated heterocycles. The number of aromatic nitrogens is 3. The molecule has 2 N–H and O–H groups in total.